The van der Waals surface area contributed by atoms with Gasteiger partial charge in [0.05, 0.1) is 0 Å². The van der Waals surface area contributed by atoms with Gasteiger partial charge in [-0.3, -0.25) is 4.40 Å². The highest BCUT2D eigenvalue weighted by Gasteiger charge is 2.36. The molecule has 3 rings (SSSR count). The number of fused-ring (bicyclic) bond motifs is 1. The van der Waals surface area contributed by atoms with Crippen LogP contribution in [-0.4, -0.2) is 34.7 Å². The third-order valence-corrected chi connectivity index (χ3v) is 6.15. The maximum Gasteiger partial charge on any atom is 0.262 e. The molecule has 1 fully saturated rings. The summed E-state index contributed by atoms with van der Waals surface area (Å²) in [6, 6.07) is 5.20. The van der Waals surface area contributed by atoms with Gasteiger partial charge in [-0.2, -0.15) is 4.31 Å². The first-order chi connectivity index (χ1) is 9.91. The van der Waals surface area contributed by atoms with E-state index in [-0.39, 0.29) is 16.2 Å². The zero-order chi connectivity index (χ0) is 15.2. The van der Waals surface area contributed by atoms with E-state index in [1.54, 1.807) is 28.8 Å². The number of aromatic nitrogens is 2. The summed E-state index contributed by atoms with van der Waals surface area (Å²) in [4.78, 5) is 4.14. The van der Waals surface area contributed by atoms with Gasteiger partial charge in [0.1, 0.15) is 5.65 Å². The van der Waals surface area contributed by atoms with Crippen LogP contribution in [0.15, 0.2) is 29.4 Å². The van der Waals surface area contributed by atoms with Crippen LogP contribution in [0.5, 0.6) is 0 Å². The van der Waals surface area contributed by atoms with E-state index in [1.165, 1.54) is 4.31 Å². The normalized spacial score (nSPS) is 16.2. The van der Waals surface area contributed by atoms with Gasteiger partial charge in [0.25, 0.3) is 10.0 Å². The minimum atomic E-state index is -3.67. The number of hydrogen-bond acceptors (Lipinski definition) is 3. The fraction of sp³-hybridized carbons (Fsp3) is 0.500. The Morgan fingerprint density at radius 3 is 2.76 bits per heavy atom. The van der Waals surface area contributed by atoms with Gasteiger partial charge in [0.15, 0.2) is 10.2 Å². The molecule has 0 radical (unpaired) electrons. The molecule has 0 bridgehead atoms. The number of sulfonamides is 1. The number of halogens is 1. The van der Waals surface area contributed by atoms with E-state index < -0.39 is 10.0 Å². The van der Waals surface area contributed by atoms with Crippen molar-refractivity contribution >= 4 is 27.3 Å². The van der Waals surface area contributed by atoms with Gasteiger partial charge < -0.3 is 0 Å². The average Bonchev–Trinajstić information content (AvgIpc) is 3.15. The molecular weight excluding hydrogens is 310 g/mol. The Labute approximate surface area is 129 Å². The Bertz CT molecular complexity index is 766. The van der Waals surface area contributed by atoms with Crippen LogP contribution in [0, 0.1) is 5.92 Å². The molecule has 5 nitrogen and oxygen atoms in total. The summed E-state index contributed by atoms with van der Waals surface area (Å²) in [5.41, 5.74) is 0.538. The Kier molecular flexibility index (Phi) is 3.71. The fourth-order valence-corrected chi connectivity index (χ4v) is 4.74. The highest BCUT2D eigenvalue weighted by molar-refractivity contribution is 7.89. The first kappa shape index (κ1) is 14.8. The summed E-state index contributed by atoms with van der Waals surface area (Å²) in [5.74, 6) is 0.472. The van der Waals surface area contributed by atoms with E-state index in [9.17, 15) is 8.42 Å². The van der Waals surface area contributed by atoms with Crippen LogP contribution in [0.4, 0.5) is 0 Å². The summed E-state index contributed by atoms with van der Waals surface area (Å²) in [7, 11) is -3.67. The van der Waals surface area contributed by atoms with Crippen LogP contribution in [-0.2, 0) is 10.0 Å². The fourth-order valence-electron chi connectivity index (χ4n) is 2.43. The van der Waals surface area contributed by atoms with E-state index in [2.05, 4.69) is 4.98 Å². The quantitative estimate of drug-likeness (QED) is 0.848. The Morgan fingerprint density at radius 2 is 2.14 bits per heavy atom. The van der Waals surface area contributed by atoms with Gasteiger partial charge in [-0.05, 0) is 44.7 Å². The van der Waals surface area contributed by atoms with E-state index in [0.29, 0.717) is 18.1 Å². The molecule has 7 heteroatoms. The van der Waals surface area contributed by atoms with E-state index >= 15 is 0 Å². The number of rotatable bonds is 5. The molecule has 0 amide bonds. The van der Waals surface area contributed by atoms with Gasteiger partial charge in [-0.15, -0.1) is 0 Å². The largest absolute Gasteiger partial charge is 0.288 e. The second kappa shape index (κ2) is 5.26. The molecule has 0 atom stereocenters. The molecule has 0 aromatic carbocycles. The highest BCUT2D eigenvalue weighted by atomic mass is 35.5. The maximum atomic E-state index is 13.0. The number of imidazole rings is 1. The lowest BCUT2D eigenvalue weighted by Crippen LogP contribution is -2.39. The predicted octanol–water partition coefficient (Wildman–Crippen LogP) is 2.80. The lowest BCUT2D eigenvalue weighted by atomic mass is 10.3. The summed E-state index contributed by atoms with van der Waals surface area (Å²) >= 11 is 6.12. The lowest BCUT2D eigenvalue weighted by molar-refractivity contribution is 0.340. The van der Waals surface area contributed by atoms with Crippen LogP contribution in [0.1, 0.15) is 26.7 Å². The number of pyridine rings is 1. The third-order valence-electron chi connectivity index (χ3n) is 3.71. The number of hydrogen-bond donors (Lipinski definition) is 0. The molecule has 0 aliphatic heterocycles. The molecule has 1 saturated carbocycles. The van der Waals surface area contributed by atoms with E-state index in [1.807, 2.05) is 13.8 Å². The molecule has 2 aromatic heterocycles. The molecule has 0 unspecified atom stereocenters. The predicted molar refractivity (Wildman–Crippen MR) is 82.0 cm³/mol. The third kappa shape index (κ3) is 2.67. The van der Waals surface area contributed by atoms with E-state index in [0.717, 1.165) is 12.8 Å². The maximum absolute atomic E-state index is 13.0. The van der Waals surface area contributed by atoms with Crippen LogP contribution in [0.25, 0.3) is 5.65 Å². The molecule has 2 aromatic rings. The zero-order valence-electron chi connectivity index (χ0n) is 12.0. The van der Waals surface area contributed by atoms with Gasteiger partial charge >= 0.3 is 0 Å². The van der Waals surface area contributed by atoms with Crippen molar-refractivity contribution in [1.82, 2.24) is 13.7 Å². The Morgan fingerprint density at radius 1 is 1.43 bits per heavy atom. The Balaban J connectivity index is 2.12. The summed E-state index contributed by atoms with van der Waals surface area (Å²) in [5, 5.41) is 0.0942. The molecule has 0 saturated heterocycles. The van der Waals surface area contributed by atoms with Gasteiger partial charge in [0.2, 0.25) is 0 Å². The SMILES string of the molecule is CC(C)N(CC1CC1)S(=O)(=O)c1c(Cl)nc2ccccn12. The van der Waals surface area contributed by atoms with E-state index in [4.69, 9.17) is 11.6 Å². The summed E-state index contributed by atoms with van der Waals surface area (Å²) < 4.78 is 29.1. The van der Waals surface area contributed by atoms with Gasteiger partial charge in [0, 0.05) is 18.8 Å². The highest BCUT2D eigenvalue weighted by Crippen LogP contribution is 2.34. The Hall–Kier alpha value is -1.11. The molecule has 21 heavy (non-hydrogen) atoms. The molecule has 2 heterocycles. The van der Waals surface area contributed by atoms with Crippen molar-refractivity contribution in [3.05, 3.63) is 29.5 Å². The summed E-state index contributed by atoms with van der Waals surface area (Å²) in [6.07, 6.45) is 3.87. The monoisotopic (exact) mass is 327 g/mol. The second-order valence-corrected chi connectivity index (χ2v) is 7.91. The first-order valence-electron chi connectivity index (χ1n) is 7.05. The van der Waals surface area contributed by atoms with Crippen LogP contribution in [0.3, 0.4) is 0 Å². The minimum Gasteiger partial charge on any atom is -0.288 e. The molecule has 0 spiro atoms. The molecule has 1 aliphatic carbocycles. The first-order valence-corrected chi connectivity index (χ1v) is 8.87. The van der Waals surface area contributed by atoms with Crippen LogP contribution >= 0.6 is 11.6 Å². The zero-order valence-corrected chi connectivity index (χ0v) is 13.6. The average molecular weight is 328 g/mol. The number of nitrogens with zero attached hydrogens (tertiary/aromatic N) is 3. The topological polar surface area (TPSA) is 54.7 Å². The molecule has 114 valence electrons. The van der Waals surface area contributed by atoms with Gasteiger partial charge in [-0.1, -0.05) is 17.7 Å². The van der Waals surface area contributed by atoms with Crippen LogP contribution in [0.2, 0.25) is 5.15 Å². The molecule has 0 N–H and O–H groups in total. The van der Waals surface area contributed by atoms with Crippen molar-refractivity contribution in [1.29, 1.82) is 0 Å². The van der Waals surface area contributed by atoms with Crippen molar-refractivity contribution in [3.8, 4) is 0 Å². The lowest BCUT2D eigenvalue weighted by Gasteiger charge is -2.25. The van der Waals surface area contributed by atoms with Gasteiger partial charge in [-0.25, -0.2) is 13.4 Å². The summed E-state index contributed by atoms with van der Waals surface area (Å²) in [6.45, 7) is 4.32. The van der Waals surface area contributed by atoms with Crippen LogP contribution < -0.4 is 0 Å². The smallest absolute Gasteiger partial charge is 0.262 e. The van der Waals surface area contributed by atoms with Crippen molar-refractivity contribution in [2.24, 2.45) is 5.92 Å². The van der Waals surface area contributed by atoms with Crippen molar-refractivity contribution < 1.29 is 8.42 Å². The second-order valence-electron chi connectivity index (χ2n) is 5.75. The molecular formula is C14H18ClN3O2S. The minimum absolute atomic E-state index is 0.0302. The van der Waals surface area contributed by atoms with Crippen molar-refractivity contribution in [2.75, 3.05) is 6.54 Å². The van der Waals surface area contributed by atoms with Crippen molar-refractivity contribution in [3.63, 3.8) is 0 Å². The standard InChI is InChI=1S/C14H18ClN3O2S/c1-10(2)18(9-11-6-7-11)21(19,20)14-13(15)16-12-5-3-4-8-17(12)14/h3-5,8,10-11H,6-7,9H2,1-2H3. The molecule has 1 aliphatic rings. The van der Waals surface area contributed by atoms with Crippen molar-refractivity contribution in [2.45, 2.75) is 37.8 Å².